The van der Waals surface area contributed by atoms with Gasteiger partial charge in [0.05, 0.1) is 6.42 Å². The third kappa shape index (κ3) is 2.97. The lowest BCUT2D eigenvalue weighted by Crippen LogP contribution is -2.58. The van der Waals surface area contributed by atoms with Crippen LogP contribution >= 0.6 is 0 Å². The van der Waals surface area contributed by atoms with Gasteiger partial charge in [0.1, 0.15) is 0 Å². The van der Waals surface area contributed by atoms with Crippen LogP contribution in [0.25, 0.3) is 0 Å². The van der Waals surface area contributed by atoms with Gasteiger partial charge in [0.2, 0.25) is 5.79 Å². The molecule has 4 aliphatic rings. The van der Waals surface area contributed by atoms with E-state index in [1.54, 1.807) is 0 Å². The standard InChI is InChI=1S/C25H42O3/c1-16(2)7-6-8-17(3)19-9-10-20-18-11-14-25(27)24(5,15-22(26)28-25)21(18)12-13-23(19,20)4/h16-21,27H,6-15H2,1-5H3/t17-,18+,19-,20+,21+,23-,24-,25-/m1/s1. The summed E-state index contributed by atoms with van der Waals surface area (Å²) in [5, 5.41) is 11.1. The Hall–Kier alpha value is -0.570. The van der Waals surface area contributed by atoms with E-state index in [1.807, 2.05) is 0 Å². The maximum atomic E-state index is 12.1. The molecule has 160 valence electrons. The highest BCUT2D eigenvalue weighted by Crippen LogP contribution is 2.69. The molecule has 0 spiro atoms. The van der Waals surface area contributed by atoms with Crippen molar-refractivity contribution in [3.8, 4) is 0 Å². The Morgan fingerprint density at radius 3 is 2.50 bits per heavy atom. The number of aliphatic hydroxyl groups is 1. The Balaban J connectivity index is 1.50. The minimum absolute atomic E-state index is 0.193. The number of esters is 1. The molecular weight excluding hydrogens is 348 g/mol. The lowest BCUT2D eigenvalue weighted by molar-refractivity contribution is -0.269. The lowest BCUT2D eigenvalue weighted by Gasteiger charge is -2.58. The quantitative estimate of drug-likeness (QED) is 0.591. The van der Waals surface area contributed by atoms with Gasteiger partial charge < -0.3 is 9.84 Å². The van der Waals surface area contributed by atoms with E-state index in [2.05, 4.69) is 34.6 Å². The first kappa shape index (κ1) is 20.7. The van der Waals surface area contributed by atoms with Crippen molar-refractivity contribution in [1.29, 1.82) is 0 Å². The first-order valence-corrected chi connectivity index (χ1v) is 12.0. The number of carbonyl (C=O) groups excluding carboxylic acids is 1. The predicted octanol–water partition coefficient (Wildman–Crippen LogP) is 5.94. The van der Waals surface area contributed by atoms with E-state index in [0.717, 1.165) is 36.5 Å². The molecule has 1 N–H and O–H groups in total. The molecule has 3 saturated carbocycles. The van der Waals surface area contributed by atoms with Gasteiger partial charge in [-0.2, -0.15) is 0 Å². The molecule has 3 nitrogen and oxygen atoms in total. The summed E-state index contributed by atoms with van der Waals surface area (Å²) < 4.78 is 5.48. The summed E-state index contributed by atoms with van der Waals surface area (Å²) in [6.45, 7) is 11.9. The van der Waals surface area contributed by atoms with Gasteiger partial charge in [-0.1, -0.05) is 53.9 Å². The van der Waals surface area contributed by atoms with Crippen LogP contribution in [0.15, 0.2) is 0 Å². The number of hydrogen-bond donors (Lipinski definition) is 1. The molecule has 28 heavy (non-hydrogen) atoms. The van der Waals surface area contributed by atoms with Gasteiger partial charge in [0, 0.05) is 11.8 Å². The fourth-order valence-electron chi connectivity index (χ4n) is 8.40. The maximum absolute atomic E-state index is 12.1. The summed E-state index contributed by atoms with van der Waals surface area (Å²) in [5.74, 6) is 2.94. The van der Waals surface area contributed by atoms with Gasteiger partial charge in [-0.25, -0.2) is 0 Å². The number of carbonyl (C=O) groups is 1. The average Bonchev–Trinajstić information content (AvgIpc) is 3.06. The molecule has 0 aromatic rings. The Morgan fingerprint density at radius 2 is 1.79 bits per heavy atom. The molecule has 0 amide bonds. The predicted molar refractivity (Wildman–Crippen MR) is 111 cm³/mol. The molecule has 0 radical (unpaired) electrons. The Bertz CT molecular complexity index is 615. The first-order valence-electron chi connectivity index (χ1n) is 12.0. The highest BCUT2D eigenvalue weighted by molar-refractivity contribution is 5.73. The van der Waals surface area contributed by atoms with Crippen LogP contribution in [0.4, 0.5) is 0 Å². The third-order valence-electron chi connectivity index (χ3n) is 9.96. The number of hydrogen-bond acceptors (Lipinski definition) is 3. The van der Waals surface area contributed by atoms with Gasteiger partial charge in [-0.15, -0.1) is 0 Å². The molecule has 1 saturated heterocycles. The lowest BCUT2D eigenvalue weighted by atomic mass is 9.47. The molecule has 0 aromatic carbocycles. The molecule has 3 heteroatoms. The monoisotopic (exact) mass is 390 g/mol. The molecule has 3 aliphatic carbocycles. The zero-order valence-electron chi connectivity index (χ0n) is 18.8. The Labute approximate surface area is 172 Å². The van der Waals surface area contributed by atoms with Crippen LogP contribution in [0.5, 0.6) is 0 Å². The van der Waals surface area contributed by atoms with Gasteiger partial charge in [0.25, 0.3) is 0 Å². The van der Waals surface area contributed by atoms with Crippen LogP contribution in [-0.2, 0) is 9.53 Å². The van der Waals surface area contributed by atoms with E-state index in [-0.39, 0.29) is 11.4 Å². The Morgan fingerprint density at radius 1 is 1.04 bits per heavy atom. The normalized spacial score (nSPS) is 48.8. The van der Waals surface area contributed by atoms with Crippen molar-refractivity contribution in [2.75, 3.05) is 0 Å². The van der Waals surface area contributed by atoms with E-state index >= 15 is 0 Å². The second kappa shape index (κ2) is 7.00. The molecule has 0 aromatic heterocycles. The van der Waals surface area contributed by atoms with Crippen LogP contribution in [0.1, 0.15) is 98.8 Å². The number of ether oxygens (including phenoxy) is 1. The van der Waals surface area contributed by atoms with E-state index in [0.29, 0.717) is 30.1 Å². The SMILES string of the molecule is CC(C)CCC[C@@H](C)[C@H]1CC[C@H]2[C@@H]3CC[C@@]4(O)OC(=O)C[C@]4(C)[C@H]3CC[C@]12C. The van der Waals surface area contributed by atoms with E-state index < -0.39 is 5.79 Å². The third-order valence-corrected chi connectivity index (χ3v) is 9.96. The molecule has 0 unspecified atom stereocenters. The van der Waals surface area contributed by atoms with E-state index in [1.165, 1.54) is 38.5 Å². The zero-order chi connectivity index (χ0) is 20.3. The topological polar surface area (TPSA) is 46.5 Å². The van der Waals surface area contributed by atoms with Crippen LogP contribution in [0, 0.1) is 46.3 Å². The van der Waals surface area contributed by atoms with Crippen molar-refractivity contribution in [3.63, 3.8) is 0 Å². The number of fused-ring (bicyclic) bond motifs is 5. The smallest absolute Gasteiger partial charge is 0.309 e. The average molecular weight is 391 g/mol. The van der Waals surface area contributed by atoms with Crippen molar-refractivity contribution in [2.24, 2.45) is 46.3 Å². The number of rotatable bonds is 5. The van der Waals surface area contributed by atoms with Gasteiger partial charge in [0.15, 0.2) is 0 Å². The summed E-state index contributed by atoms with van der Waals surface area (Å²) >= 11 is 0. The molecule has 4 rings (SSSR count). The van der Waals surface area contributed by atoms with Crippen LogP contribution in [0.3, 0.4) is 0 Å². The molecule has 4 fully saturated rings. The molecule has 1 aliphatic heterocycles. The van der Waals surface area contributed by atoms with Gasteiger partial charge in [-0.3, -0.25) is 4.79 Å². The Kier molecular flexibility index (Phi) is 5.17. The van der Waals surface area contributed by atoms with Crippen LogP contribution < -0.4 is 0 Å². The van der Waals surface area contributed by atoms with Crippen molar-refractivity contribution >= 4 is 5.97 Å². The maximum Gasteiger partial charge on any atom is 0.309 e. The largest absolute Gasteiger partial charge is 0.433 e. The summed E-state index contributed by atoms with van der Waals surface area (Å²) in [7, 11) is 0. The highest BCUT2D eigenvalue weighted by atomic mass is 16.7. The van der Waals surface area contributed by atoms with E-state index in [4.69, 9.17) is 4.74 Å². The fraction of sp³-hybridized carbons (Fsp3) is 0.960. The van der Waals surface area contributed by atoms with Crippen molar-refractivity contribution in [1.82, 2.24) is 0 Å². The van der Waals surface area contributed by atoms with Crippen LogP contribution in [0.2, 0.25) is 0 Å². The van der Waals surface area contributed by atoms with Crippen LogP contribution in [-0.4, -0.2) is 16.9 Å². The molecule has 0 bridgehead atoms. The summed E-state index contributed by atoms with van der Waals surface area (Å²) in [5.41, 5.74) is 0.0724. The second-order valence-corrected chi connectivity index (χ2v) is 11.8. The van der Waals surface area contributed by atoms with Gasteiger partial charge in [-0.05, 0) is 73.0 Å². The molecule has 8 atom stereocenters. The summed E-state index contributed by atoms with van der Waals surface area (Å²) in [6, 6.07) is 0. The first-order chi connectivity index (χ1) is 13.1. The van der Waals surface area contributed by atoms with Crippen molar-refractivity contribution in [2.45, 2.75) is 105 Å². The zero-order valence-corrected chi connectivity index (χ0v) is 18.8. The van der Waals surface area contributed by atoms with Crippen molar-refractivity contribution < 1.29 is 14.6 Å². The van der Waals surface area contributed by atoms with Crippen molar-refractivity contribution in [3.05, 3.63) is 0 Å². The summed E-state index contributed by atoms with van der Waals surface area (Å²) in [4.78, 5) is 12.1. The molecular formula is C25H42O3. The highest BCUT2D eigenvalue weighted by Gasteiger charge is 2.68. The second-order valence-electron chi connectivity index (χ2n) is 11.8. The van der Waals surface area contributed by atoms with Gasteiger partial charge >= 0.3 is 5.97 Å². The van der Waals surface area contributed by atoms with E-state index in [9.17, 15) is 9.90 Å². The minimum Gasteiger partial charge on any atom is -0.433 e. The molecule has 1 heterocycles. The summed E-state index contributed by atoms with van der Waals surface area (Å²) in [6.07, 6.45) is 11.3. The minimum atomic E-state index is -1.21. The fourth-order valence-corrected chi connectivity index (χ4v) is 8.40.